The van der Waals surface area contributed by atoms with Gasteiger partial charge < -0.3 is 5.32 Å². The maximum absolute atomic E-state index is 4.18. The van der Waals surface area contributed by atoms with Gasteiger partial charge in [-0.15, -0.1) is 13.1 Å². The van der Waals surface area contributed by atoms with Gasteiger partial charge >= 0.3 is 17.1 Å². The van der Waals surface area contributed by atoms with Crippen LogP contribution in [-0.4, -0.2) is 13.1 Å². The van der Waals surface area contributed by atoms with Gasteiger partial charge in [-0.25, -0.2) is 0 Å². The van der Waals surface area contributed by atoms with Gasteiger partial charge in [0.05, 0.1) is 0 Å². The Hall–Kier alpha value is 0.479. The minimum atomic E-state index is 0. The van der Waals surface area contributed by atoms with Crippen LogP contribution in [0.15, 0.2) is 0 Å². The molecule has 1 rings (SSSR count). The second-order valence-corrected chi connectivity index (χ2v) is 1.73. The standard InChI is InChI=1S/C5H10N.Cu/c1-2-4-6-5-3-1;/h1-5H2;/q-1;+1. The number of hydrogen-bond donors (Lipinski definition) is 0. The first kappa shape index (κ1) is 7.48. The molecule has 0 unspecified atom stereocenters. The van der Waals surface area contributed by atoms with Crippen molar-refractivity contribution in [2.24, 2.45) is 0 Å². The van der Waals surface area contributed by atoms with Gasteiger partial charge in [-0.1, -0.05) is 19.3 Å². The summed E-state index contributed by atoms with van der Waals surface area (Å²) >= 11 is 0. The van der Waals surface area contributed by atoms with Crippen LogP contribution in [0, 0.1) is 0 Å². The summed E-state index contributed by atoms with van der Waals surface area (Å²) in [5.74, 6) is 0. The van der Waals surface area contributed by atoms with E-state index in [9.17, 15) is 0 Å². The fourth-order valence-corrected chi connectivity index (χ4v) is 0.736. The van der Waals surface area contributed by atoms with Gasteiger partial charge in [0, 0.05) is 0 Å². The number of rotatable bonds is 0. The van der Waals surface area contributed by atoms with Crippen LogP contribution in [0.4, 0.5) is 0 Å². The van der Waals surface area contributed by atoms with Gasteiger partial charge in [0.25, 0.3) is 0 Å². The van der Waals surface area contributed by atoms with Gasteiger partial charge in [-0.2, -0.15) is 0 Å². The minimum absolute atomic E-state index is 0. The predicted molar refractivity (Wildman–Crippen MR) is 26.9 cm³/mol. The molecule has 0 N–H and O–H groups in total. The molecule has 46 valence electrons. The quantitative estimate of drug-likeness (QED) is 0.462. The molecule has 1 aliphatic rings. The summed E-state index contributed by atoms with van der Waals surface area (Å²) in [4.78, 5) is 0. The fourth-order valence-electron chi connectivity index (χ4n) is 0.736. The van der Waals surface area contributed by atoms with E-state index in [4.69, 9.17) is 0 Å². The first-order valence-electron chi connectivity index (χ1n) is 2.63. The Morgan fingerprint density at radius 3 is 1.57 bits per heavy atom. The zero-order valence-electron chi connectivity index (χ0n) is 4.28. The van der Waals surface area contributed by atoms with Crippen LogP contribution in [0.3, 0.4) is 0 Å². The van der Waals surface area contributed by atoms with Crippen molar-refractivity contribution in [1.29, 1.82) is 0 Å². The first-order chi connectivity index (χ1) is 3.00. The van der Waals surface area contributed by atoms with Crippen molar-refractivity contribution in [2.45, 2.75) is 19.3 Å². The Bertz CT molecular complexity index is 23.6. The molecule has 7 heavy (non-hydrogen) atoms. The third-order valence-corrected chi connectivity index (χ3v) is 1.13. The SMILES string of the molecule is C1CC[N-]CC1.[Cu+]. The molecule has 2 heteroatoms. The molecule has 1 saturated heterocycles. The molecule has 0 bridgehead atoms. The van der Waals surface area contributed by atoms with E-state index >= 15 is 0 Å². The van der Waals surface area contributed by atoms with Crippen molar-refractivity contribution in [3.8, 4) is 0 Å². The second kappa shape index (κ2) is 4.63. The molecule has 0 aliphatic carbocycles. The summed E-state index contributed by atoms with van der Waals surface area (Å²) in [6.07, 6.45) is 4.07. The fraction of sp³-hybridized carbons (Fsp3) is 1.00. The molecule has 0 spiro atoms. The van der Waals surface area contributed by atoms with Gasteiger partial charge in [-0.3, -0.25) is 0 Å². The molecule has 0 saturated carbocycles. The Kier molecular flexibility index (Phi) is 4.95. The Balaban J connectivity index is 0.000000360. The van der Waals surface area contributed by atoms with Crippen molar-refractivity contribution >= 4 is 0 Å². The van der Waals surface area contributed by atoms with Crippen molar-refractivity contribution in [3.05, 3.63) is 5.32 Å². The van der Waals surface area contributed by atoms with Gasteiger partial charge in [-0.05, 0) is 0 Å². The molecule has 1 fully saturated rings. The average molecular weight is 148 g/mol. The van der Waals surface area contributed by atoms with Crippen LogP contribution in [-0.2, 0) is 17.1 Å². The van der Waals surface area contributed by atoms with E-state index in [0.29, 0.717) is 0 Å². The van der Waals surface area contributed by atoms with E-state index < -0.39 is 0 Å². The Labute approximate surface area is 55.3 Å². The van der Waals surface area contributed by atoms with Crippen LogP contribution < -0.4 is 0 Å². The summed E-state index contributed by atoms with van der Waals surface area (Å²) < 4.78 is 0. The summed E-state index contributed by atoms with van der Waals surface area (Å²) in [6, 6.07) is 0. The zero-order chi connectivity index (χ0) is 4.24. The molecule has 0 amide bonds. The van der Waals surface area contributed by atoms with E-state index in [-0.39, 0.29) is 17.1 Å². The van der Waals surface area contributed by atoms with Crippen molar-refractivity contribution < 1.29 is 17.1 Å². The molecular weight excluding hydrogens is 138 g/mol. The molecule has 0 aromatic carbocycles. The summed E-state index contributed by atoms with van der Waals surface area (Å²) in [7, 11) is 0. The first-order valence-corrected chi connectivity index (χ1v) is 2.63. The average Bonchev–Trinajstić information content (AvgIpc) is 1.72. The van der Waals surface area contributed by atoms with Crippen molar-refractivity contribution in [2.75, 3.05) is 13.1 Å². The second-order valence-electron chi connectivity index (χ2n) is 1.73. The molecule has 1 heterocycles. The summed E-state index contributed by atoms with van der Waals surface area (Å²) in [5.41, 5.74) is 0. The summed E-state index contributed by atoms with van der Waals surface area (Å²) in [5, 5.41) is 4.18. The number of hydrogen-bond acceptors (Lipinski definition) is 0. The number of nitrogens with zero attached hydrogens (tertiary/aromatic N) is 1. The normalized spacial score (nSPS) is 20.6. The molecule has 1 aliphatic heterocycles. The van der Waals surface area contributed by atoms with Crippen molar-refractivity contribution in [1.82, 2.24) is 0 Å². The van der Waals surface area contributed by atoms with Gasteiger partial charge in [0.1, 0.15) is 0 Å². The molecule has 0 atom stereocenters. The van der Waals surface area contributed by atoms with Crippen LogP contribution in [0.2, 0.25) is 0 Å². The van der Waals surface area contributed by atoms with Crippen LogP contribution in [0.25, 0.3) is 5.32 Å². The molecular formula is C5H10CuN. The Morgan fingerprint density at radius 1 is 0.857 bits per heavy atom. The third kappa shape index (κ3) is 3.10. The van der Waals surface area contributed by atoms with Gasteiger partial charge in [0.15, 0.2) is 0 Å². The van der Waals surface area contributed by atoms with Crippen LogP contribution in [0.1, 0.15) is 19.3 Å². The molecule has 0 aromatic rings. The maximum atomic E-state index is 4.18. The largest absolute Gasteiger partial charge is 1.00 e. The molecule has 1 nitrogen and oxygen atoms in total. The number of piperidine rings is 1. The van der Waals surface area contributed by atoms with E-state index in [1.807, 2.05) is 0 Å². The Morgan fingerprint density at radius 2 is 1.43 bits per heavy atom. The topological polar surface area (TPSA) is 14.1 Å². The monoisotopic (exact) mass is 147 g/mol. The third-order valence-electron chi connectivity index (χ3n) is 1.13. The van der Waals surface area contributed by atoms with E-state index in [2.05, 4.69) is 5.32 Å². The van der Waals surface area contributed by atoms with Crippen LogP contribution >= 0.6 is 0 Å². The molecule has 0 aromatic heterocycles. The van der Waals surface area contributed by atoms with E-state index in [1.165, 1.54) is 19.3 Å². The van der Waals surface area contributed by atoms with Gasteiger partial charge in [0.2, 0.25) is 0 Å². The summed E-state index contributed by atoms with van der Waals surface area (Å²) in [6.45, 7) is 2.25. The predicted octanol–water partition coefficient (Wildman–Crippen LogP) is 1.54. The minimum Gasteiger partial charge on any atom is -0.662 e. The molecule has 0 radical (unpaired) electrons. The smallest absolute Gasteiger partial charge is 0.662 e. The zero-order valence-corrected chi connectivity index (χ0v) is 5.23. The van der Waals surface area contributed by atoms with Crippen LogP contribution in [0.5, 0.6) is 0 Å². The maximum Gasteiger partial charge on any atom is 1.00 e. The van der Waals surface area contributed by atoms with Crippen molar-refractivity contribution in [3.63, 3.8) is 0 Å². The van der Waals surface area contributed by atoms with E-state index in [1.54, 1.807) is 0 Å². The van der Waals surface area contributed by atoms with E-state index in [0.717, 1.165) is 13.1 Å².